The zero-order chi connectivity index (χ0) is 13.8. The Morgan fingerprint density at radius 3 is 2.63 bits per heavy atom. The third-order valence-corrected chi connectivity index (χ3v) is 3.22. The highest BCUT2D eigenvalue weighted by atomic mass is 19.1. The third kappa shape index (κ3) is 2.71. The quantitative estimate of drug-likeness (QED) is 0.916. The fourth-order valence-electron chi connectivity index (χ4n) is 2.00. The fraction of sp³-hybridized carbons (Fsp3) is 0.286. The van der Waals surface area contributed by atoms with Crippen molar-refractivity contribution < 1.29 is 4.39 Å². The van der Waals surface area contributed by atoms with E-state index in [-0.39, 0.29) is 11.9 Å². The van der Waals surface area contributed by atoms with Gasteiger partial charge in [-0.1, -0.05) is 18.2 Å². The Morgan fingerprint density at radius 2 is 1.95 bits per heavy atom. The molecule has 2 rings (SSSR count). The monoisotopic (exact) mass is 260 g/mol. The Kier molecular flexibility index (Phi) is 4.06. The van der Waals surface area contributed by atoms with Gasteiger partial charge in [-0.2, -0.15) is 0 Å². The molecule has 0 fully saturated rings. The maximum absolute atomic E-state index is 13.8. The molecule has 0 saturated heterocycles. The summed E-state index contributed by atoms with van der Waals surface area (Å²) in [5.74, 6) is 0.459. The van der Waals surface area contributed by atoms with Crippen molar-refractivity contribution in [3.8, 4) is 0 Å². The second kappa shape index (κ2) is 5.75. The highest BCUT2D eigenvalue weighted by molar-refractivity contribution is 5.45. The van der Waals surface area contributed by atoms with Crippen LogP contribution in [-0.2, 0) is 6.54 Å². The van der Waals surface area contributed by atoms with Crippen LogP contribution in [0.25, 0.3) is 0 Å². The smallest absolute Gasteiger partial charge is 0.151 e. The molecule has 2 N–H and O–H groups in total. The summed E-state index contributed by atoms with van der Waals surface area (Å²) in [5, 5.41) is 0. The zero-order valence-electron chi connectivity index (χ0n) is 11.0. The lowest BCUT2D eigenvalue weighted by Gasteiger charge is -2.27. The molecule has 5 heteroatoms. The predicted octanol–water partition coefficient (Wildman–Crippen LogP) is 2.27. The van der Waals surface area contributed by atoms with Gasteiger partial charge in [-0.15, -0.1) is 0 Å². The summed E-state index contributed by atoms with van der Waals surface area (Å²) >= 11 is 0. The number of hydrogen-bond donors (Lipinski definition) is 1. The molecule has 1 heterocycles. The molecule has 0 radical (unpaired) electrons. The number of aromatic nitrogens is 2. The van der Waals surface area contributed by atoms with Crippen molar-refractivity contribution in [1.29, 1.82) is 0 Å². The zero-order valence-corrected chi connectivity index (χ0v) is 11.0. The molecule has 0 bridgehead atoms. The van der Waals surface area contributed by atoms with E-state index in [9.17, 15) is 4.39 Å². The van der Waals surface area contributed by atoms with Gasteiger partial charge in [0.15, 0.2) is 5.82 Å². The minimum atomic E-state index is -0.222. The van der Waals surface area contributed by atoms with Crippen LogP contribution in [0.1, 0.15) is 24.2 Å². The van der Waals surface area contributed by atoms with Crippen LogP contribution in [-0.4, -0.2) is 17.0 Å². The molecule has 2 aromatic rings. The molecule has 0 aliphatic rings. The summed E-state index contributed by atoms with van der Waals surface area (Å²) in [6.45, 7) is 2.23. The Bertz CT molecular complexity index is 559. The normalized spacial score (nSPS) is 12.2. The van der Waals surface area contributed by atoms with Gasteiger partial charge in [0.05, 0.1) is 11.7 Å². The van der Waals surface area contributed by atoms with Crippen LogP contribution >= 0.6 is 0 Å². The van der Waals surface area contributed by atoms with E-state index in [0.717, 1.165) is 0 Å². The van der Waals surface area contributed by atoms with Crippen LogP contribution in [0.2, 0.25) is 0 Å². The average Bonchev–Trinajstić information content (AvgIpc) is 2.46. The fourth-order valence-corrected chi connectivity index (χ4v) is 2.00. The summed E-state index contributed by atoms with van der Waals surface area (Å²) in [7, 11) is 1.86. The molecule has 1 aromatic carbocycles. The number of nitrogens with two attached hydrogens (primary N) is 1. The Hall–Kier alpha value is -2.01. The number of nitrogens with zero attached hydrogens (tertiary/aromatic N) is 3. The third-order valence-electron chi connectivity index (χ3n) is 3.22. The number of hydrogen-bond acceptors (Lipinski definition) is 4. The second-order valence-corrected chi connectivity index (χ2v) is 4.34. The number of anilines is 1. The van der Waals surface area contributed by atoms with E-state index >= 15 is 0 Å². The molecular formula is C14H17FN4. The summed E-state index contributed by atoms with van der Waals surface area (Å²) in [6.07, 6.45) is 3.21. The van der Waals surface area contributed by atoms with Gasteiger partial charge in [0.25, 0.3) is 0 Å². The van der Waals surface area contributed by atoms with Gasteiger partial charge < -0.3 is 10.6 Å². The highest BCUT2D eigenvalue weighted by Gasteiger charge is 2.18. The van der Waals surface area contributed by atoms with E-state index in [0.29, 0.717) is 23.6 Å². The average molecular weight is 260 g/mol. The number of benzene rings is 1. The van der Waals surface area contributed by atoms with Gasteiger partial charge in [-0.25, -0.2) is 9.37 Å². The van der Waals surface area contributed by atoms with Gasteiger partial charge in [-0.05, 0) is 13.0 Å². The first-order valence-electron chi connectivity index (χ1n) is 6.12. The first-order chi connectivity index (χ1) is 9.15. The molecule has 0 amide bonds. The van der Waals surface area contributed by atoms with Gasteiger partial charge in [0.2, 0.25) is 0 Å². The number of halogens is 1. The van der Waals surface area contributed by atoms with Crippen molar-refractivity contribution in [3.05, 3.63) is 53.7 Å². The van der Waals surface area contributed by atoms with Gasteiger partial charge in [0, 0.05) is 31.5 Å². The van der Waals surface area contributed by atoms with Gasteiger partial charge >= 0.3 is 0 Å². The lowest BCUT2D eigenvalue weighted by Crippen LogP contribution is -2.25. The van der Waals surface area contributed by atoms with Gasteiger partial charge in [0.1, 0.15) is 5.82 Å². The van der Waals surface area contributed by atoms with E-state index in [4.69, 9.17) is 5.73 Å². The van der Waals surface area contributed by atoms with Crippen LogP contribution in [0.15, 0.2) is 36.7 Å². The topological polar surface area (TPSA) is 55.0 Å². The predicted molar refractivity (Wildman–Crippen MR) is 73.1 cm³/mol. The first-order valence-corrected chi connectivity index (χ1v) is 6.12. The van der Waals surface area contributed by atoms with Crippen molar-refractivity contribution in [3.63, 3.8) is 0 Å². The van der Waals surface area contributed by atoms with Crippen molar-refractivity contribution >= 4 is 5.82 Å². The maximum atomic E-state index is 13.8. The van der Waals surface area contributed by atoms with Crippen LogP contribution < -0.4 is 10.6 Å². The molecule has 100 valence electrons. The maximum Gasteiger partial charge on any atom is 0.151 e. The molecule has 0 aliphatic heterocycles. The molecule has 19 heavy (non-hydrogen) atoms. The summed E-state index contributed by atoms with van der Waals surface area (Å²) in [4.78, 5) is 10.4. The molecule has 0 saturated carbocycles. The molecule has 1 atom stereocenters. The summed E-state index contributed by atoms with van der Waals surface area (Å²) in [5.41, 5.74) is 6.98. The highest BCUT2D eigenvalue weighted by Crippen LogP contribution is 2.26. The molecular weight excluding hydrogens is 243 g/mol. The summed E-state index contributed by atoms with van der Waals surface area (Å²) in [6, 6.07) is 6.58. The first kappa shape index (κ1) is 13.4. The van der Waals surface area contributed by atoms with Crippen molar-refractivity contribution in [1.82, 2.24) is 9.97 Å². The van der Waals surface area contributed by atoms with E-state index in [2.05, 4.69) is 9.97 Å². The summed E-state index contributed by atoms with van der Waals surface area (Å²) < 4.78 is 13.8. The lowest BCUT2D eigenvalue weighted by molar-refractivity contribution is 0.583. The van der Waals surface area contributed by atoms with E-state index in [1.807, 2.05) is 24.9 Å². The van der Waals surface area contributed by atoms with E-state index < -0.39 is 0 Å². The van der Waals surface area contributed by atoms with Gasteiger partial charge in [-0.3, -0.25) is 4.98 Å². The molecule has 0 spiro atoms. The van der Waals surface area contributed by atoms with Crippen LogP contribution in [0.4, 0.5) is 10.2 Å². The van der Waals surface area contributed by atoms with Crippen LogP contribution in [0, 0.1) is 5.82 Å². The minimum absolute atomic E-state index is 0.150. The SMILES string of the molecule is CC(c1ccccc1F)N(C)c1nccnc1CN. The molecule has 1 unspecified atom stereocenters. The van der Waals surface area contributed by atoms with E-state index in [1.54, 1.807) is 24.5 Å². The lowest BCUT2D eigenvalue weighted by atomic mass is 10.1. The Balaban J connectivity index is 2.34. The largest absolute Gasteiger partial charge is 0.351 e. The number of rotatable bonds is 4. The van der Waals surface area contributed by atoms with Crippen molar-refractivity contribution in [2.24, 2.45) is 5.73 Å². The Labute approximate surface area is 112 Å². The van der Waals surface area contributed by atoms with Crippen LogP contribution in [0.3, 0.4) is 0 Å². The Morgan fingerprint density at radius 1 is 1.26 bits per heavy atom. The minimum Gasteiger partial charge on any atom is -0.351 e. The van der Waals surface area contributed by atoms with E-state index in [1.165, 1.54) is 6.07 Å². The molecule has 4 nitrogen and oxygen atoms in total. The van der Waals surface area contributed by atoms with Crippen LogP contribution in [0.5, 0.6) is 0 Å². The van der Waals surface area contributed by atoms with Crippen molar-refractivity contribution in [2.45, 2.75) is 19.5 Å². The molecule has 0 aliphatic carbocycles. The standard InChI is InChI=1S/C14H17FN4/c1-10(11-5-3-4-6-12(11)15)19(2)14-13(9-16)17-7-8-18-14/h3-8,10H,9,16H2,1-2H3. The van der Waals surface area contributed by atoms with Crippen molar-refractivity contribution in [2.75, 3.05) is 11.9 Å². The molecule has 1 aromatic heterocycles. The second-order valence-electron chi connectivity index (χ2n) is 4.34.